The van der Waals surface area contributed by atoms with E-state index in [4.69, 9.17) is 4.74 Å². The molecule has 22 heavy (non-hydrogen) atoms. The highest BCUT2D eigenvalue weighted by molar-refractivity contribution is 5.95. The third-order valence-corrected chi connectivity index (χ3v) is 2.83. The molecule has 0 aliphatic carbocycles. The topological polar surface area (TPSA) is 103 Å². The highest BCUT2D eigenvalue weighted by Crippen LogP contribution is 2.16. The fourth-order valence-corrected chi connectivity index (χ4v) is 1.77. The van der Waals surface area contributed by atoms with Crippen LogP contribution in [0, 0.1) is 10.1 Å². The van der Waals surface area contributed by atoms with Crippen LogP contribution in [0.1, 0.15) is 10.5 Å². The molecule has 0 bridgehead atoms. The van der Waals surface area contributed by atoms with E-state index in [2.05, 4.69) is 5.32 Å². The van der Waals surface area contributed by atoms with Crippen LogP contribution in [-0.4, -0.2) is 28.0 Å². The maximum Gasteiger partial charge on any atom is 0.355 e. The number of aromatic nitrogens is 1. The second-order valence-corrected chi connectivity index (χ2v) is 4.44. The summed E-state index contributed by atoms with van der Waals surface area (Å²) in [5.74, 6) is -1.20. The molecule has 0 aliphatic heterocycles. The minimum Gasteiger partial charge on any atom is -0.451 e. The number of carbonyl (C=O) groups excluding carboxylic acids is 2. The molecule has 1 aromatic carbocycles. The molecule has 0 aliphatic rings. The van der Waals surface area contributed by atoms with Gasteiger partial charge in [0.2, 0.25) is 0 Å². The number of hydrogen-bond donors (Lipinski definition) is 1. The smallest absolute Gasteiger partial charge is 0.355 e. The number of nitrogens with zero attached hydrogens (tertiary/aromatic N) is 2. The second kappa shape index (κ2) is 6.53. The third-order valence-electron chi connectivity index (χ3n) is 2.83. The number of nitro groups is 1. The van der Waals surface area contributed by atoms with Crippen molar-refractivity contribution in [1.29, 1.82) is 0 Å². The Kier molecular flexibility index (Phi) is 4.52. The first kappa shape index (κ1) is 15.2. The Balaban J connectivity index is 1.91. The number of anilines is 1. The molecule has 8 nitrogen and oxygen atoms in total. The average molecular weight is 303 g/mol. The Hall–Kier alpha value is -3.16. The molecule has 2 aromatic rings. The molecule has 2 rings (SSSR count). The van der Waals surface area contributed by atoms with E-state index in [0.717, 1.165) is 0 Å². The lowest BCUT2D eigenvalue weighted by Crippen LogP contribution is -2.21. The van der Waals surface area contributed by atoms with Crippen molar-refractivity contribution in [3.63, 3.8) is 0 Å². The van der Waals surface area contributed by atoms with Gasteiger partial charge in [0.05, 0.1) is 4.92 Å². The predicted octanol–water partition coefficient (Wildman–Crippen LogP) is 1.73. The van der Waals surface area contributed by atoms with Gasteiger partial charge in [-0.25, -0.2) is 4.79 Å². The minimum atomic E-state index is -0.623. The first-order chi connectivity index (χ1) is 10.5. The van der Waals surface area contributed by atoms with Crippen LogP contribution in [0.3, 0.4) is 0 Å². The second-order valence-electron chi connectivity index (χ2n) is 4.44. The van der Waals surface area contributed by atoms with Gasteiger partial charge in [-0.05, 0) is 18.2 Å². The molecule has 1 amide bonds. The molecule has 1 heterocycles. The monoisotopic (exact) mass is 303 g/mol. The van der Waals surface area contributed by atoms with Crippen molar-refractivity contribution >= 4 is 23.3 Å². The Labute approximate surface area is 125 Å². The molecule has 8 heteroatoms. The summed E-state index contributed by atoms with van der Waals surface area (Å²) in [6.45, 7) is -0.479. The van der Waals surface area contributed by atoms with Crippen molar-refractivity contribution in [2.75, 3.05) is 11.9 Å². The van der Waals surface area contributed by atoms with Gasteiger partial charge < -0.3 is 14.6 Å². The summed E-state index contributed by atoms with van der Waals surface area (Å²) in [6.07, 6.45) is 1.68. The van der Waals surface area contributed by atoms with Crippen LogP contribution in [0.25, 0.3) is 0 Å². The predicted molar refractivity (Wildman–Crippen MR) is 77.4 cm³/mol. The van der Waals surface area contributed by atoms with E-state index in [-0.39, 0.29) is 11.4 Å². The number of nitro benzene ring substituents is 1. The third kappa shape index (κ3) is 3.69. The Morgan fingerprint density at radius 1 is 1.32 bits per heavy atom. The summed E-state index contributed by atoms with van der Waals surface area (Å²) in [7, 11) is 1.68. The summed E-state index contributed by atoms with van der Waals surface area (Å²) in [5, 5.41) is 13.1. The fraction of sp³-hybridized carbons (Fsp3) is 0.143. The molecule has 0 atom stereocenters. The largest absolute Gasteiger partial charge is 0.451 e. The van der Waals surface area contributed by atoms with Gasteiger partial charge in [-0.3, -0.25) is 14.9 Å². The van der Waals surface area contributed by atoms with Crippen molar-refractivity contribution < 1.29 is 19.2 Å². The lowest BCUT2D eigenvalue weighted by molar-refractivity contribution is -0.384. The maximum absolute atomic E-state index is 11.7. The van der Waals surface area contributed by atoms with Gasteiger partial charge in [0.15, 0.2) is 6.61 Å². The van der Waals surface area contributed by atoms with Gasteiger partial charge in [0.25, 0.3) is 11.6 Å². The summed E-state index contributed by atoms with van der Waals surface area (Å²) < 4.78 is 6.44. The average Bonchev–Trinajstić information content (AvgIpc) is 2.91. The number of ether oxygens (including phenoxy) is 1. The highest BCUT2D eigenvalue weighted by atomic mass is 16.6. The van der Waals surface area contributed by atoms with Crippen molar-refractivity contribution in [3.8, 4) is 0 Å². The summed E-state index contributed by atoms with van der Waals surface area (Å²) in [6, 6.07) is 8.73. The summed E-state index contributed by atoms with van der Waals surface area (Å²) in [4.78, 5) is 33.5. The highest BCUT2D eigenvalue weighted by Gasteiger charge is 2.13. The van der Waals surface area contributed by atoms with E-state index in [9.17, 15) is 19.7 Å². The van der Waals surface area contributed by atoms with E-state index in [1.807, 2.05) is 0 Å². The lowest BCUT2D eigenvalue weighted by Gasteiger charge is -2.07. The number of benzene rings is 1. The normalized spacial score (nSPS) is 10.0. The van der Waals surface area contributed by atoms with Crippen LogP contribution in [0.4, 0.5) is 11.4 Å². The number of carbonyl (C=O) groups is 2. The first-order valence-electron chi connectivity index (χ1n) is 6.30. The van der Waals surface area contributed by atoms with Crippen LogP contribution in [0.15, 0.2) is 42.6 Å². The number of aryl methyl sites for hydroxylation is 1. The van der Waals surface area contributed by atoms with Crippen molar-refractivity contribution in [3.05, 3.63) is 58.4 Å². The number of non-ortho nitro benzene ring substituents is 1. The van der Waals surface area contributed by atoms with Gasteiger partial charge in [-0.15, -0.1) is 0 Å². The first-order valence-corrected chi connectivity index (χ1v) is 6.30. The van der Waals surface area contributed by atoms with E-state index >= 15 is 0 Å². The molecule has 114 valence electrons. The molecular weight excluding hydrogens is 290 g/mol. The molecule has 0 saturated carbocycles. The number of rotatable bonds is 5. The maximum atomic E-state index is 11.7. The molecule has 0 saturated heterocycles. The van der Waals surface area contributed by atoms with Crippen LogP contribution in [0.5, 0.6) is 0 Å². The van der Waals surface area contributed by atoms with Crippen molar-refractivity contribution in [2.45, 2.75) is 0 Å². The van der Waals surface area contributed by atoms with Gasteiger partial charge >= 0.3 is 5.97 Å². The van der Waals surface area contributed by atoms with E-state index in [1.165, 1.54) is 24.3 Å². The minimum absolute atomic E-state index is 0.140. The zero-order valence-electron chi connectivity index (χ0n) is 11.7. The molecule has 0 unspecified atom stereocenters. The quantitative estimate of drug-likeness (QED) is 0.514. The molecular formula is C14H13N3O5. The Morgan fingerprint density at radius 2 is 2.09 bits per heavy atom. The molecule has 0 radical (unpaired) electrons. The van der Waals surface area contributed by atoms with E-state index in [0.29, 0.717) is 5.69 Å². The van der Waals surface area contributed by atoms with E-state index < -0.39 is 23.4 Å². The van der Waals surface area contributed by atoms with Crippen LogP contribution >= 0.6 is 0 Å². The Bertz CT molecular complexity index is 723. The van der Waals surface area contributed by atoms with Gasteiger partial charge in [-0.1, -0.05) is 6.07 Å². The molecule has 1 aromatic heterocycles. The van der Waals surface area contributed by atoms with Crippen molar-refractivity contribution in [2.24, 2.45) is 7.05 Å². The standard InChI is InChI=1S/C14H13N3O5/c1-16-7-3-6-12(16)14(19)22-9-13(18)15-10-4-2-5-11(8-10)17(20)21/h2-8H,9H2,1H3,(H,15,18). The van der Waals surface area contributed by atoms with Crippen LogP contribution < -0.4 is 5.32 Å². The zero-order chi connectivity index (χ0) is 16.1. The number of amides is 1. The fourth-order valence-electron chi connectivity index (χ4n) is 1.77. The SMILES string of the molecule is Cn1cccc1C(=O)OCC(=O)Nc1cccc([N+](=O)[O-])c1. The van der Waals surface area contributed by atoms with Gasteiger partial charge in [0.1, 0.15) is 5.69 Å². The summed E-state index contributed by atoms with van der Waals surface area (Å²) in [5.41, 5.74) is 0.441. The number of esters is 1. The molecule has 1 N–H and O–H groups in total. The van der Waals surface area contributed by atoms with Crippen LogP contribution in [0.2, 0.25) is 0 Å². The number of nitrogens with one attached hydrogen (secondary N) is 1. The Morgan fingerprint density at radius 3 is 2.73 bits per heavy atom. The zero-order valence-corrected chi connectivity index (χ0v) is 11.7. The lowest BCUT2D eigenvalue weighted by atomic mass is 10.3. The number of hydrogen-bond acceptors (Lipinski definition) is 5. The van der Waals surface area contributed by atoms with Gasteiger partial charge in [-0.2, -0.15) is 0 Å². The summed E-state index contributed by atoms with van der Waals surface area (Å²) >= 11 is 0. The molecule has 0 fully saturated rings. The van der Waals surface area contributed by atoms with Crippen LogP contribution in [-0.2, 0) is 16.6 Å². The van der Waals surface area contributed by atoms with E-state index in [1.54, 1.807) is 29.9 Å². The van der Waals surface area contributed by atoms with Gasteiger partial charge in [0, 0.05) is 31.1 Å². The molecule has 0 spiro atoms. The van der Waals surface area contributed by atoms with Crippen molar-refractivity contribution in [1.82, 2.24) is 4.57 Å².